The average Bonchev–Trinajstić information content (AvgIpc) is 2.62. The quantitative estimate of drug-likeness (QED) is 0.613. The Morgan fingerprint density at radius 2 is 2.05 bits per heavy atom. The molecule has 2 aromatic rings. The molecule has 0 saturated carbocycles. The minimum atomic E-state index is -1.02. The van der Waals surface area contributed by atoms with Gasteiger partial charge in [-0.1, -0.05) is 19.6 Å². The van der Waals surface area contributed by atoms with Gasteiger partial charge in [-0.15, -0.1) is 0 Å². The van der Waals surface area contributed by atoms with Crippen molar-refractivity contribution >= 4 is 35.0 Å². The van der Waals surface area contributed by atoms with E-state index in [0.29, 0.717) is 6.73 Å². The smallest absolute Gasteiger partial charge is 0.123 e. The fraction of sp³-hybridized carbons (Fsp3) is 0.538. The lowest BCUT2D eigenvalue weighted by Gasteiger charge is -2.15. The molecule has 0 fully saturated rings. The highest BCUT2D eigenvalue weighted by molar-refractivity contribution is 9.10. The summed E-state index contributed by atoms with van der Waals surface area (Å²) in [7, 11) is -1.02. The van der Waals surface area contributed by atoms with Crippen LogP contribution in [0.1, 0.15) is 5.69 Å². The van der Waals surface area contributed by atoms with E-state index in [1.54, 1.807) is 6.33 Å². The number of hydrogen-bond acceptors (Lipinski definition) is 3. The lowest BCUT2D eigenvalue weighted by Crippen LogP contribution is -2.22. The lowest BCUT2D eigenvalue weighted by atomic mass is 10.3. The second-order valence-electron chi connectivity index (χ2n) is 5.95. The summed E-state index contributed by atoms with van der Waals surface area (Å²) in [5, 5.41) is 0. The molecular formula is C13H20BrN3OSi. The van der Waals surface area contributed by atoms with Crippen molar-refractivity contribution < 1.29 is 4.74 Å². The molecule has 19 heavy (non-hydrogen) atoms. The highest BCUT2D eigenvalue weighted by Gasteiger charge is 2.13. The summed E-state index contributed by atoms with van der Waals surface area (Å²) >= 11 is 3.53. The second-order valence-corrected chi connectivity index (χ2v) is 12.4. The maximum absolute atomic E-state index is 5.79. The molecule has 0 atom stereocenters. The first-order valence-corrected chi connectivity index (χ1v) is 10.9. The summed E-state index contributed by atoms with van der Waals surface area (Å²) in [6, 6.07) is 1.18. The number of hydrogen-bond donors (Lipinski definition) is 0. The molecule has 0 N–H and O–H groups in total. The Hall–Kier alpha value is -0.723. The summed E-state index contributed by atoms with van der Waals surface area (Å²) in [5.74, 6) is 0. The molecule has 0 bridgehead atoms. The molecule has 0 aliphatic heterocycles. The number of ether oxygens (including phenoxy) is 1. The predicted molar refractivity (Wildman–Crippen MR) is 84.1 cm³/mol. The van der Waals surface area contributed by atoms with Crippen LogP contribution < -0.4 is 0 Å². The Labute approximate surface area is 123 Å². The van der Waals surface area contributed by atoms with E-state index in [-0.39, 0.29) is 0 Å². The number of aryl methyl sites for hydroxylation is 1. The van der Waals surface area contributed by atoms with Gasteiger partial charge in [0.2, 0.25) is 0 Å². The third-order valence-corrected chi connectivity index (χ3v) is 5.30. The summed E-state index contributed by atoms with van der Waals surface area (Å²) < 4.78 is 8.85. The second kappa shape index (κ2) is 5.72. The van der Waals surface area contributed by atoms with Crippen molar-refractivity contribution in [3.05, 3.63) is 22.7 Å². The molecule has 0 aromatic carbocycles. The van der Waals surface area contributed by atoms with Crippen LogP contribution in [0.5, 0.6) is 0 Å². The molecule has 2 rings (SSSR count). The molecular weight excluding hydrogens is 322 g/mol. The Bertz CT molecular complexity index is 577. The zero-order chi connectivity index (χ0) is 14.0. The van der Waals surface area contributed by atoms with Gasteiger partial charge in [-0.3, -0.25) is 0 Å². The van der Waals surface area contributed by atoms with Gasteiger partial charge in [-0.25, -0.2) is 9.97 Å². The standard InChI is InChI=1S/C13H20BrN3OSi/c1-10-13-12(16-8-15-10)11(14)7-17(13)9-18-5-6-19(2,3)4/h7-8H,5-6,9H2,1-4H3. The SMILES string of the molecule is Cc1ncnc2c(Br)cn(COCC[Si](C)(C)C)c12. The molecule has 0 radical (unpaired) electrons. The van der Waals surface area contributed by atoms with Gasteiger partial charge in [0.05, 0.1) is 15.7 Å². The number of halogens is 1. The van der Waals surface area contributed by atoms with Crippen molar-refractivity contribution in [2.24, 2.45) is 0 Å². The third-order valence-electron chi connectivity index (χ3n) is 3.01. The summed E-state index contributed by atoms with van der Waals surface area (Å²) in [6.07, 6.45) is 3.61. The first kappa shape index (κ1) is 14.7. The number of rotatable bonds is 5. The molecule has 0 amide bonds. The Kier molecular flexibility index (Phi) is 4.42. The Morgan fingerprint density at radius 1 is 1.32 bits per heavy atom. The van der Waals surface area contributed by atoms with Crippen molar-refractivity contribution in [1.82, 2.24) is 14.5 Å². The minimum absolute atomic E-state index is 0.556. The van der Waals surface area contributed by atoms with Crippen LogP contribution in [0.4, 0.5) is 0 Å². The van der Waals surface area contributed by atoms with Crippen LogP contribution in [0.3, 0.4) is 0 Å². The molecule has 4 nitrogen and oxygen atoms in total. The number of nitrogens with zero attached hydrogens (tertiary/aromatic N) is 3. The van der Waals surface area contributed by atoms with E-state index in [2.05, 4.69) is 50.1 Å². The van der Waals surface area contributed by atoms with Gasteiger partial charge in [0, 0.05) is 20.9 Å². The van der Waals surface area contributed by atoms with E-state index in [1.165, 1.54) is 6.04 Å². The van der Waals surface area contributed by atoms with Crippen molar-refractivity contribution in [1.29, 1.82) is 0 Å². The molecule has 0 saturated heterocycles. The van der Waals surface area contributed by atoms with Gasteiger partial charge in [-0.05, 0) is 28.9 Å². The van der Waals surface area contributed by atoms with E-state index in [0.717, 1.165) is 27.8 Å². The van der Waals surface area contributed by atoms with Gasteiger partial charge < -0.3 is 9.30 Å². The van der Waals surface area contributed by atoms with Gasteiger partial charge in [-0.2, -0.15) is 0 Å². The maximum Gasteiger partial charge on any atom is 0.123 e. The van der Waals surface area contributed by atoms with Crippen LogP contribution >= 0.6 is 15.9 Å². The molecule has 0 unspecified atom stereocenters. The average molecular weight is 342 g/mol. The normalized spacial score (nSPS) is 12.3. The van der Waals surface area contributed by atoms with Crippen molar-refractivity contribution in [2.75, 3.05) is 6.61 Å². The van der Waals surface area contributed by atoms with Gasteiger partial charge in [0.1, 0.15) is 18.6 Å². The van der Waals surface area contributed by atoms with Crippen molar-refractivity contribution in [3.8, 4) is 0 Å². The van der Waals surface area contributed by atoms with E-state index in [4.69, 9.17) is 4.74 Å². The van der Waals surface area contributed by atoms with Crippen LogP contribution in [0.15, 0.2) is 17.0 Å². The summed E-state index contributed by atoms with van der Waals surface area (Å²) in [4.78, 5) is 8.55. The van der Waals surface area contributed by atoms with Crippen molar-refractivity contribution in [2.45, 2.75) is 39.3 Å². The Morgan fingerprint density at radius 3 is 2.74 bits per heavy atom. The predicted octanol–water partition coefficient (Wildman–Crippen LogP) is 3.81. The van der Waals surface area contributed by atoms with E-state index < -0.39 is 8.07 Å². The Balaban J connectivity index is 2.09. The van der Waals surface area contributed by atoms with Gasteiger partial charge in [0.15, 0.2) is 0 Å². The highest BCUT2D eigenvalue weighted by atomic mass is 79.9. The lowest BCUT2D eigenvalue weighted by molar-refractivity contribution is 0.0901. The largest absolute Gasteiger partial charge is 0.361 e. The molecule has 0 spiro atoms. The van der Waals surface area contributed by atoms with E-state index in [9.17, 15) is 0 Å². The summed E-state index contributed by atoms with van der Waals surface area (Å²) in [5.41, 5.74) is 2.97. The fourth-order valence-corrected chi connectivity index (χ4v) is 3.19. The van der Waals surface area contributed by atoms with Crippen LogP contribution in [0.25, 0.3) is 11.0 Å². The van der Waals surface area contributed by atoms with Crippen LogP contribution in [-0.4, -0.2) is 29.2 Å². The van der Waals surface area contributed by atoms with E-state index in [1.807, 2.05) is 13.1 Å². The molecule has 2 aromatic heterocycles. The minimum Gasteiger partial charge on any atom is -0.361 e. The monoisotopic (exact) mass is 341 g/mol. The van der Waals surface area contributed by atoms with Crippen LogP contribution in [0, 0.1) is 6.92 Å². The number of aromatic nitrogens is 3. The highest BCUT2D eigenvalue weighted by Crippen LogP contribution is 2.25. The first-order valence-electron chi connectivity index (χ1n) is 6.42. The van der Waals surface area contributed by atoms with Crippen LogP contribution in [-0.2, 0) is 11.5 Å². The first-order chi connectivity index (χ1) is 8.88. The molecule has 0 aliphatic carbocycles. The van der Waals surface area contributed by atoms with Gasteiger partial charge >= 0.3 is 0 Å². The molecule has 2 heterocycles. The fourth-order valence-electron chi connectivity index (χ4n) is 1.89. The zero-order valence-corrected chi connectivity index (χ0v) is 14.5. The molecule has 0 aliphatic rings. The summed E-state index contributed by atoms with van der Waals surface area (Å²) in [6.45, 7) is 10.4. The topological polar surface area (TPSA) is 39.9 Å². The van der Waals surface area contributed by atoms with E-state index >= 15 is 0 Å². The van der Waals surface area contributed by atoms with Crippen LogP contribution in [0.2, 0.25) is 25.7 Å². The molecule has 6 heteroatoms. The molecule has 104 valence electrons. The maximum atomic E-state index is 5.79. The van der Waals surface area contributed by atoms with Gasteiger partial charge in [0.25, 0.3) is 0 Å². The van der Waals surface area contributed by atoms with Crippen molar-refractivity contribution in [3.63, 3.8) is 0 Å². The third kappa shape index (κ3) is 3.64. The zero-order valence-electron chi connectivity index (χ0n) is 11.9. The number of fused-ring (bicyclic) bond motifs is 1.